The molecule has 1 amide bonds. The summed E-state index contributed by atoms with van der Waals surface area (Å²) in [4.78, 5) is 29.9. The maximum absolute atomic E-state index is 12.8. The Morgan fingerprint density at radius 3 is 2.39 bits per heavy atom. The van der Waals surface area contributed by atoms with Crippen molar-refractivity contribution in [1.29, 1.82) is 0 Å². The van der Waals surface area contributed by atoms with Gasteiger partial charge in [-0.1, -0.05) is 12.1 Å². The fraction of sp³-hybridized carbons (Fsp3) is 0.421. The first-order valence-corrected chi connectivity index (χ1v) is 9.00. The lowest BCUT2D eigenvalue weighted by Crippen LogP contribution is -2.31. The first-order chi connectivity index (χ1) is 13.4. The highest BCUT2D eigenvalue weighted by molar-refractivity contribution is 6.05. The molecule has 0 radical (unpaired) electrons. The molecule has 0 bridgehead atoms. The summed E-state index contributed by atoms with van der Waals surface area (Å²) in [6.45, 7) is 6.09. The molecule has 0 aliphatic carbocycles. The average Bonchev–Trinajstić information content (AvgIpc) is 2.67. The van der Waals surface area contributed by atoms with E-state index in [2.05, 4.69) is 10.3 Å². The minimum absolute atomic E-state index is 0.112. The van der Waals surface area contributed by atoms with Crippen molar-refractivity contribution >= 4 is 11.6 Å². The van der Waals surface area contributed by atoms with E-state index in [1.165, 1.54) is 23.7 Å². The lowest BCUT2D eigenvalue weighted by molar-refractivity contribution is -0.147. The number of nitrogens with one attached hydrogen (secondary N) is 1. The number of phenolic OH excluding ortho intramolecular Hbond substituents is 1. The molecule has 28 heavy (non-hydrogen) atoms. The molecule has 0 saturated carbocycles. The zero-order valence-corrected chi connectivity index (χ0v) is 16.4. The van der Waals surface area contributed by atoms with Crippen LogP contribution in [0, 0.1) is 0 Å². The second kappa shape index (κ2) is 9.86. The Morgan fingerprint density at radius 1 is 1.18 bits per heavy atom. The quantitative estimate of drug-likeness (QED) is 0.498. The van der Waals surface area contributed by atoms with E-state index in [0.29, 0.717) is 13.2 Å². The monoisotopic (exact) mass is 391 g/mol. The number of hydrogen-bond acceptors (Lipinski definition) is 7. The van der Waals surface area contributed by atoms with Gasteiger partial charge in [0.15, 0.2) is 11.5 Å². The number of phenols is 1. The lowest BCUT2D eigenvalue weighted by Gasteiger charge is -2.20. The smallest absolute Gasteiger partial charge is 0.296 e. The molecule has 9 nitrogen and oxygen atoms in total. The molecular formula is C19H25N3O6. The van der Waals surface area contributed by atoms with Gasteiger partial charge in [-0.05, 0) is 32.9 Å². The second-order valence-corrected chi connectivity index (χ2v) is 5.66. The highest BCUT2D eigenvalue weighted by atomic mass is 16.7. The van der Waals surface area contributed by atoms with Gasteiger partial charge in [0.25, 0.3) is 11.5 Å². The average molecular weight is 391 g/mol. The van der Waals surface area contributed by atoms with Crippen LogP contribution in [0.15, 0.2) is 29.1 Å². The molecule has 0 aliphatic heterocycles. The molecule has 2 aromatic rings. The van der Waals surface area contributed by atoms with Crippen molar-refractivity contribution in [3.05, 3.63) is 46.1 Å². The number of carbonyl (C=O) groups excluding carboxylic acids is 1. The first-order valence-electron chi connectivity index (χ1n) is 9.00. The number of hydrogen-bond donors (Lipinski definition) is 2. The minimum Gasteiger partial charge on any atom is -0.506 e. The molecule has 2 N–H and O–H groups in total. The number of benzene rings is 1. The van der Waals surface area contributed by atoms with Crippen LogP contribution in [0.5, 0.6) is 11.5 Å². The van der Waals surface area contributed by atoms with Crippen molar-refractivity contribution in [3.63, 3.8) is 0 Å². The Hall–Kier alpha value is -2.91. The summed E-state index contributed by atoms with van der Waals surface area (Å²) in [7, 11) is 1.50. The summed E-state index contributed by atoms with van der Waals surface area (Å²) in [6.07, 6.45) is -0.917. The molecule has 0 unspecified atom stereocenters. The highest BCUT2D eigenvalue weighted by Gasteiger charge is 2.26. The van der Waals surface area contributed by atoms with Gasteiger partial charge >= 0.3 is 0 Å². The van der Waals surface area contributed by atoms with Crippen LogP contribution >= 0.6 is 0 Å². The Bertz CT molecular complexity index is 874. The number of rotatable bonds is 9. The van der Waals surface area contributed by atoms with E-state index in [4.69, 9.17) is 14.2 Å². The van der Waals surface area contributed by atoms with Crippen LogP contribution in [-0.4, -0.2) is 40.4 Å². The van der Waals surface area contributed by atoms with Crippen molar-refractivity contribution in [2.75, 3.05) is 25.1 Å². The number of anilines is 1. The van der Waals surface area contributed by atoms with E-state index < -0.39 is 17.8 Å². The molecule has 0 fully saturated rings. The standard InChI is InChI=1S/C19H25N3O6/c1-5-26-15-14(17(24)20-12-10-8-9-11-13(12)23)21-16(22(4)18(15)25)19(27-6-2)28-7-3/h8-11,19,23H,5-7H2,1-4H3,(H,20,24). The number of para-hydroxylation sites is 2. The molecule has 0 aliphatic rings. The van der Waals surface area contributed by atoms with E-state index in [0.717, 1.165) is 0 Å². The number of nitrogens with zero attached hydrogens (tertiary/aromatic N) is 2. The number of aromatic nitrogens is 2. The van der Waals surface area contributed by atoms with Crippen LogP contribution in [0.3, 0.4) is 0 Å². The van der Waals surface area contributed by atoms with Gasteiger partial charge in [-0.25, -0.2) is 4.98 Å². The molecule has 152 valence electrons. The van der Waals surface area contributed by atoms with Crippen LogP contribution in [0.25, 0.3) is 0 Å². The Balaban J connectivity index is 2.55. The molecule has 0 spiro atoms. The van der Waals surface area contributed by atoms with Gasteiger partial charge < -0.3 is 24.6 Å². The molecule has 2 rings (SSSR count). The van der Waals surface area contributed by atoms with Crippen LogP contribution in [0.4, 0.5) is 5.69 Å². The van der Waals surface area contributed by atoms with E-state index in [-0.39, 0.29) is 35.3 Å². The summed E-state index contributed by atoms with van der Waals surface area (Å²) in [5.41, 5.74) is -0.573. The first kappa shape index (κ1) is 21.4. The van der Waals surface area contributed by atoms with Crippen molar-refractivity contribution < 1.29 is 24.1 Å². The summed E-state index contributed by atoms with van der Waals surface area (Å²) >= 11 is 0. The number of aromatic hydroxyl groups is 1. The fourth-order valence-corrected chi connectivity index (χ4v) is 2.50. The van der Waals surface area contributed by atoms with Gasteiger partial charge in [0, 0.05) is 20.3 Å². The zero-order valence-electron chi connectivity index (χ0n) is 16.4. The lowest BCUT2D eigenvalue weighted by atomic mass is 10.2. The van der Waals surface area contributed by atoms with Crippen LogP contribution in [0.1, 0.15) is 43.4 Å². The predicted octanol–water partition coefficient (Wildman–Crippen LogP) is 2.21. The predicted molar refractivity (Wildman–Crippen MR) is 103 cm³/mol. The van der Waals surface area contributed by atoms with Gasteiger partial charge in [-0.15, -0.1) is 0 Å². The molecule has 1 aromatic heterocycles. The van der Waals surface area contributed by atoms with Crippen molar-refractivity contribution in [3.8, 4) is 11.5 Å². The normalized spacial score (nSPS) is 10.9. The molecule has 0 atom stereocenters. The van der Waals surface area contributed by atoms with Gasteiger partial charge in [0.2, 0.25) is 12.0 Å². The third kappa shape index (κ3) is 4.68. The van der Waals surface area contributed by atoms with Crippen molar-refractivity contribution in [1.82, 2.24) is 9.55 Å². The number of ether oxygens (including phenoxy) is 3. The van der Waals surface area contributed by atoms with Gasteiger partial charge in [0.1, 0.15) is 5.75 Å². The Morgan fingerprint density at radius 2 is 1.82 bits per heavy atom. The number of amides is 1. The summed E-state index contributed by atoms with van der Waals surface area (Å²) in [6, 6.07) is 6.24. The SMILES string of the molecule is CCOc1c(C(=O)Nc2ccccc2O)nc(C(OCC)OCC)n(C)c1=O. The third-order valence-electron chi connectivity index (χ3n) is 3.79. The zero-order chi connectivity index (χ0) is 20.7. The van der Waals surface area contributed by atoms with Crippen LogP contribution in [0.2, 0.25) is 0 Å². The Kier molecular flexibility index (Phi) is 7.53. The molecule has 9 heteroatoms. The third-order valence-corrected chi connectivity index (χ3v) is 3.79. The molecule has 1 heterocycles. The van der Waals surface area contributed by atoms with Crippen molar-refractivity contribution in [2.45, 2.75) is 27.1 Å². The van der Waals surface area contributed by atoms with Crippen LogP contribution in [-0.2, 0) is 16.5 Å². The van der Waals surface area contributed by atoms with E-state index in [1.54, 1.807) is 32.9 Å². The summed E-state index contributed by atoms with van der Waals surface area (Å²) < 4.78 is 17.7. The van der Waals surface area contributed by atoms with Crippen molar-refractivity contribution in [2.24, 2.45) is 7.05 Å². The molecule has 1 aromatic carbocycles. The fourth-order valence-electron chi connectivity index (χ4n) is 2.50. The maximum atomic E-state index is 12.8. The second-order valence-electron chi connectivity index (χ2n) is 5.66. The maximum Gasteiger partial charge on any atom is 0.296 e. The summed E-state index contributed by atoms with van der Waals surface area (Å²) in [5, 5.41) is 12.4. The minimum atomic E-state index is -0.917. The van der Waals surface area contributed by atoms with E-state index >= 15 is 0 Å². The molecule has 0 saturated heterocycles. The largest absolute Gasteiger partial charge is 0.506 e. The Labute approximate surface area is 162 Å². The van der Waals surface area contributed by atoms with E-state index in [1.807, 2.05) is 0 Å². The van der Waals surface area contributed by atoms with Crippen LogP contribution < -0.4 is 15.6 Å². The van der Waals surface area contributed by atoms with Gasteiger partial charge in [0.05, 0.1) is 12.3 Å². The van der Waals surface area contributed by atoms with Gasteiger partial charge in [-0.2, -0.15) is 0 Å². The van der Waals surface area contributed by atoms with E-state index in [9.17, 15) is 14.7 Å². The molecular weight excluding hydrogens is 366 g/mol. The highest BCUT2D eigenvalue weighted by Crippen LogP contribution is 2.24. The summed E-state index contributed by atoms with van der Waals surface area (Å²) in [5.74, 6) is -0.858. The topological polar surface area (TPSA) is 112 Å². The number of carbonyl (C=O) groups is 1. The van der Waals surface area contributed by atoms with Gasteiger partial charge in [-0.3, -0.25) is 14.2 Å².